The summed E-state index contributed by atoms with van der Waals surface area (Å²) in [7, 11) is 0. The predicted octanol–water partition coefficient (Wildman–Crippen LogP) is 2.46. The average Bonchev–Trinajstić information content (AvgIpc) is 2.25. The molecule has 1 amide bonds. The molecule has 1 aromatic carbocycles. The second-order valence-electron chi connectivity index (χ2n) is 3.50. The highest BCUT2D eigenvalue weighted by Crippen LogP contribution is 2.02. The molecule has 0 aliphatic carbocycles. The lowest BCUT2D eigenvalue weighted by atomic mass is 10.1. The number of carbonyl (C=O) groups is 1. The van der Waals surface area contributed by atoms with Gasteiger partial charge in [-0.25, -0.2) is 5.48 Å². The van der Waals surface area contributed by atoms with Gasteiger partial charge < -0.3 is 0 Å². The Labute approximate surface area is 90.4 Å². The quantitative estimate of drug-likeness (QED) is 0.595. The van der Waals surface area contributed by atoms with E-state index in [1.807, 2.05) is 19.1 Å². The van der Waals surface area contributed by atoms with E-state index in [1.165, 1.54) is 0 Å². The van der Waals surface area contributed by atoms with Crippen LogP contribution in [0.15, 0.2) is 24.3 Å². The number of aryl methyl sites for hydroxylation is 1. The van der Waals surface area contributed by atoms with Crippen molar-refractivity contribution in [3.8, 4) is 0 Å². The van der Waals surface area contributed by atoms with Gasteiger partial charge in [-0.3, -0.25) is 9.63 Å². The molecule has 0 spiro atoms. The van der Waals surface area contributed by atoms with Gasteiger partial charge in [0.2, 0.25) is 0 Å². The molecular formula is C12H17NO2. The fourth-order valence-electron chi connectivity index (χ4n) is 1.10. The van der Waals surface area contributed by atoms with Gasteiger partial charge in [-0.1, -0.05) is 31.0 Å². The topological polar surface area (TPSA) is 38.3 Å². The van der Waals surface area contributed by atoms with Crippen LogP contribution in [0, 0.1) is 6.92 Å². The van der Waals surface area contributed by atoms with Crippen LogP contribution in [0.2, 0.25) is 0 Å². The van der Waals surface area contributed by atoms with Crippen LogP contribution in [-0.4, -0.2) is 12.5 Å². The Morgan fingerprint density at radius 3 is 2.60 bits per heavy atom. The van der Waals surface area contributed by atoms with Crippen molar-refractivity contribution in [1.29, 1.82) is 0 Å². The number of benzene rings is 1. The van der Waals surface area contributed by atoms with Gasteiger partial charge in [0.15, 0.2) is 0 Å². The van der Waals surface area contributed by atoms with E-state index in [-0.39, 0.29) is 5.91 Å². The average molecular weight is 207 g/mol. The Kier molecular flexibility index (Phi) is 4.84. The molecular weight excluding hydrogens is 190 g/mol. The molecule has 1 N–H and O–H groups in total. The molecule has 0 aromatic heterocycles. The lowest BCUT2D eigenvalue weighted by Crippen LogP contribution is -2.24. The van der Waals surface area contributed by atoms with E-state index in [0.29, 0.717) is 12.2 Å². The zero-order valence-corrected chi connectivity index (χ0v) is 9.25. The van der Waals surface area contributed by atoms with Crippen LogP contribution < -0.4 is 5.48 Å². The van der Waals surface area contributed by atoms with Crippen LogP contribution in [0.5, 0.6) is 0 Å². The van der Waals surface area contributed by atoms with Gasteiger partial charge in [0, 0.05) is 5.56 Å². The zero-order chi connectivity index (χ0) is 11.1. The smallest absolute Gasteiger partial charge is 0.273 e. The number of rotatable bonds is 5. The number of hydrogen-bond donors (Lipinski definition) is 1. The van der Waals surface area contributed by atoms with Crippen LogP contribution in [0.4, 0.5) is 0 Å². The summed E-state index contributed by atoms with van der Waals surface area (Å²) in [6.07, 6.45) is 2.01. The fraction of sp³-hybridized carbons (Fsp3) is 0.417. The third-order valence-electron chi connectivity index (χ3n) is 2.08. The number of carbonyl (C=O) groups excluding carboxylic acids is 1. The Morgan fingerprint density at radius 2 is 2.00 bits per heavy atom. The highest BCUT2D eigenvalue weighted by atomic mass is 16.6. The van der Waals surface area contributed by atoms with E-state index in [9.17, 15) is 4.79 Å². The lowest BCUT2D eigenvalue weighted by molar-refractivity contribution is 0.0302. The molecule has 0 atom stereocenters. The minimum atomic E-state index is -0.189. The van der Waals surface area contributed by atoms with E-state index in [0.717, 1.165) is 18.4 Å². The van der Waals surface area contributed by atoms with E-state index in [2.05, 4.69) is 12.4 Å². The largest absolute Gasteiger partial charge is 0.274 e. The maximum Gasteiger partial charge on any atom is 0.274 e. The molecule has 0 unspecified atom stereocenters. The molecule has 15 heavy (non-hydrogen) atoms. The molecule has 1 rings (SSSR count). The number of hydroxylamine groups is 1. The maximum atomic E-state index is 11.5. The fourth-order valence-corrected chi connectivity index (χ4v) is 1.10. The summed E-state index contributed by atoms with van der Waals surface area (Å²) >= 11 is 0. The summed E-state index contributed by atoms with van der Waals surface area (Å²) in [5.74, 6) is -0.189. The summed E-state index contributed by atoms with van der Waals surface area (Å²) in [5, 5.41) is 0. The van der Waals surface area contributed by atoms with Gasteiger partial charge in [-0.15, -0.1) is 0 Å². The molecule has 3 heteroatoms. The third kappa shape index (κ3) is 4.13. The Hall–Kier alpha value is -1.35. The summed E-state index contributed by atoms with van der Waals surface area (Å²) in [6.45, 7) is 4.62. The summed E-state index contributed by atoms with van der Waals surface area (Å²) in [5.41, 5.74) is 4.17. The first-order chi connectivity index (χ1) is 7.24. The molecule has 0 fully saturated rings. The van der Waals surface area contributed by atoms with Crippen molar-refractivity contribution < 1.29 is 9.63 Å². The van der Waals surface area contributed by atoms with Crippen molar-refractivity contribution in [2.75, 3.05) is 6.61 Å². The van der Waals surface area contributed by atoms with Crippen molar-refractivity contribution in [1.82, 2.24) is 5.48 Å². The first-order valence-corrected chi connectivity index (χ1v) is 5.23. The molecule has 0 aliphatic heterocycles. The molecule has 0 saturated heterocycles. The highest BCUT2D eigenvalue weighted by molar-refractivity contribution is 5.93. The Bertz CT molecular complexity index is 306. The van der Waals surface area contributed by atoms with Crippen LogP contribution in [0.1, 0.15) is 35.7 Å². The maximum absolute atomic E-state index is 11.5. The zero-order valence-electron chi connectivity index (χ0n) is 9.25. The molecule has 0 bridgehead atoms. The standard InChI is InChI=1S/C12H17NO2/c1-3-4-9-15-13-12(14)11-7-5-10(2)6-8-11/h5-8H,3-4,9H2,1-2H3,(H,13,14). The molecule has 3 nitrogen and oxygen atoms in total. The van der Waals surface area contributed by atoms with Crippen molar-refractivity contribution in [2.45, 2.75) is 26.7 Å². The SMILES string of the molecule is CCCCONC(=O)c1ccc(C)cc1. The normalized spacial score (nSPS) is 10.0. The Morgan fingerprint density at radius 1 is 1.33 bits per heavy atom. The van der Waals surface area contributed by atoms with Gasteiger partial charge in [-0.05, 0) is 25.5 Å². The minimum Gasteiger partial charge on any atom is -0.273 e. The predicted molar refractivity (Wildman–Crippen MR) is 59.5 cm³/mol. The van der Waals surface area contributed by atoms with Gasteiger partial charge in [0.1, 0.15) is 0 Å². The Balaban J connectivity index is 2.37. The first-order valence-electron chi connectivity index (χ1n) is 5.23. The van der Waals surface area contributed by atoms with Gasteiger partial charge in [-0.2, -0.15) is 0 Å². The monoisotopic (exact) mass is 207 g/mol. The van der Waals surface area contributed by atoms with E-state index in [1.54, 1.807) is 12.1 Å². The van der Waals surface area contributed by atoms with Crippen LogP contribution >= 0.6 is 0 Å². The summed E-state index contributed by atoms with van der Waals surface area (Å²) < 4.78 is 0. The van der Waals surface area contributed by atoms with Crippen LogP contribution in [-0.2, 0) is 4.84 Å². The molecule has 82 valence electrons. The van der Waals surface area contributed by atoms with E-state index < -0.39 is 0 Å². The molecule has 0 radical (unpaired) electrons. The summed E-state index contributed by atoms with van der Waals surface area (Å²) in [4.78, 5) is 16.5. The summed E-state index contributed by atoms with van der Waals surface area (Å²) in [6, 6.07) is 7.38. The van der Waals surface area contributed by atoms with Gasteiger partial charge >= 0.3 is 0 Å². The number of amides is 1. The second kappa shape index (κ2) is 6.19. The highest BCUT2D eigenvalue weighted by Gasteiger charge is 2.03. The van der Waals surface area contributed by atoms with E-state index in [4.69, 9.17) is 4.84 Å². The first kappa shape index (κ1) is 11.7. The molecule has 0 heterocycles. The van der Waals surface area contributed by atoms with Crippen molar-refractivity contribution in [3.05, 3.63) is 35.4 Å². The molecule has 0 saturated carbocycles. The second-order valence-corrected chi connectivity index (χ2v) is 3.50. The van der Waals surface area contributed by atoms with E-state index >= 15 is 0 Å². The van der Waals surface area contributed by atoms with Crippen molar-refractivity contribution >= 4 is 5.91 Å². The van der Waals surface area contributed by atoms with Crippen LogP contribution in [0.25, 0.3) is 0 Å². The van der Waals surface area contributed by atoms with Gasteiger partial charge in [0.05, 0.1) is 6.61 Å². The molecule has 0 aliphatic rings. The number of unbranched alkanes of at least 4 members (excludes halogenated alkanes) is 1. The minimum absolute atomic E-state index is 0.189. The van der Waals surface area contributed by atoms with Crippen LogP contribution in [0.3, 0.4) is 0 Å². The third-order valence-corrected chi connectivity index (χ3v) is 2.08. The van der Waals surface area contributed by atoms with Crippen molar-refractivity contribution in [3.63, 3.8) is 0 Å². The van der Waals surface area contributed by atoms with Crippen molar-refractivity contribution in [2.24, 2.45) is 0 Å². The molecule has 1 aromatic rings. The lowest BCUT2D eigenvalue weighted by Gasteiger charge is -2.05. The number of nitrogens with one attached hydrogen (secondary N) is 1. The van der Waals surface area contributed by atoms with Gasteiger partial charge in [0.25, 0.3) is 5.91 Å². The number of hydrogen-bond acceptors (Lipinski definition) is 2.